The molecule has 1 amide bonds. The highest BCUT2D eigenvalue weighted by Gasteiger charge is 2.27. The van der Waals surface area contributed by atoms with Crippen LogP contribution in [0.4, 0.5) is 5.13 Å². The number of aromatic nitrogens is 2. The number of hydrogen-bond acceptors (Lipinski definition) is 5. The third-order valence-corrected chi connectivity index (χ3v) is 4.05. The van der Waals surface area contributed by atoms with Gasteiger partial charge in [0.2, 0.25) is 11.0 Å². The minimum Gasteiger partial charge on any atom is -0.322 e. The van der Waals surface area contributed by atoms with Gasteiger partial charge in [-0.3, -0.25) is 10.1 Å². The number of benzene rings is 1. The molecule has 0 bridgehead atoms. The molecule has 100 valence electrons. The van der Waals surface area contributed by atoms with Crippen molar-refractivity contribution in [1.82, 2.24) is 10.2 Å². The Morgan fingerprint density at radius 3 is 2.63 bits per heavy atom. The Morgan fingerprint density at radius 2 is 2.00 bits per heavy atom. The molecule has 2 rings (SSSR count). The van der Waals surface area contributed by atoms with Crippen LogP contribution in [-0.2, 0) is 10.2 Å². The van der Waals surface area contributed by atoms with E-state index in [9.17, 15) is 4.79 Å². The maximum atomic E-state index is 11.2. The summed E-state index contributed by atoms with van der Waals surface area (Å²) in [5.41, 5.74) is 6.16. The summed E-state index contributed by atoms with van der Waals surface area (Å²) in [5, 5.41) is 12.1. The number of nitrogens with zero attached hydrogens (tertiary/aromatic N) is 2. The molecule has 0 saturated heterocycles. The van der Waals surface area contributed by atoms with Crippen LogP contribution in [0.2, 0.25) is 0 Å². The van der Waals surface area contributed by atoms with Crippen LogP contribution in [-0.4, -0.2) is 22.6 Å². The quantitative estimate of drug-likeness (QED) is 0.891. The first-order valence-corrected chi connectivity index (χ1v) is 6.75. The van der Waals surface area contributed by atoms with Gasteiger partial charge in [-0.05, 0) is 19.4 Å². The lowest BCUT2D eigenvalue weighted by atomic mass is 9.85. The van der Waals surface area contributed by atoms with Crippen molar-refractivity contribution in [2.24, 2.45) is 5.73 Å². The van der Waals surface area contributed by atoms with E-state index in [-0.39, 0.29) is 17.9 Å². The zero-order chi connectivity index (χ0) is 13.9. The summed E-state index contributed by atoms with van der Waals surface area (Å²) in [4.78, 5) is 11.2. The Balaban J connectivity index is 2.24. The Kier molecular flexibility index (Phi) is 3.92. The first kappa shape index (κ1) is 13.6. The normalized spacial score (nSPS) is 11.3. The van der Waals surface area contributed by atoms with Crippen molar-refractivity contribution in [3.63, 3.8) is 0 Å². The Morgan fingerprint density at radius 1 is 1.32 bits per heavy atom. The number of amides is 1. The molecule has 0 fully saturated rings. The molecule has 0 radical (unpaired) electrons. The number of nitrogens with one attached hydrogen (secondary N) is 1. The monoisotopic (exact) mass is 276 g/mol. The van der Waals surface area contributed by atoms with Gasteiger partial charge in [0.05, 0.1) is 6.54 Å². The van der Waals surface area contributed by atoms with Gasteiger partial charge in [0, 0.05) is 5.41 Å². The fourth-order valence-corrected chi connectivity index (χ4v) is 2.56. The molecular formula is C13H16N4OS. The smallest absolute Gasteiger partial charge is 0.239 e. The molecule has 0 aliphatic rings. The van der Waals surface area contributed by atoms with Crippen molar-refractivity contribution in [2.75, 3.05) is 11.9 Å². The van der Waals surface area contributed by atoms with Crippen LogP contribution in [0, 0.1) is 0 Å². The summed E-state index contributed by atoms with van der Waals surface area (Å²) in [5.74, 6) is -0.264. The predicted octanol–water partition coefficient (Wildman–Crippen LogP) is 1.76. The van der Waals surface area contributed by atoms with E-state index >= 15 is 0 Å². The van der Waals surface area contributed by atoms with E-state index in [2.05, 4.69) is 41.5 Å². The van der Waals surface area contributed by atoms with Gasteiger partial charge in [0.15, 0.2) is 0 Å². The number of hydrogen-bond donors (Lipinski definition) is 2. The van der Waals surface area contributed by atoms with Crippen molar-refractivity contribution >= 4 is 22.4 Å². The molecular weight excluding hydrogens is 260 g/mol. The lowest BCUT2D eigenvalue weighted by Gasteiger charge is -2.21. The van der Waals surface area contributed by atoms with Gasteiger partial charge in [-0.2, -0.15) is 0 Å². The summed E-state index contributed by atoms with van der Waals surface area (Å²) >= 11 is 1.37. The molecule has 0 atom stereocenters. The average Bonchev–Trinajstić information content (AvgIpc) is 2.89. The summed E-state index contributed by atoms with van der Waals surface area (Å²) in [6.45, 7) is 4.10. The largest absolute Gasteiger partial charge is 0.322 e. The third kappa shape index (κ3) is 2.97. The number of carbonyl (C=O) groups is 1. The van der Waals surface area contributed by atoms with Crippen LogP contribution in [0.5, 0.6) is 0 Å². The summed E-state index contributed by atoms with van der Waals surface area (Å²) in [6, 6.07) is 10.1. The molecule has 1 heterocycles. The van der Waals surface area contributed by atoms with Crippen molar-refractivity contribution < 1.29 is 4.79 Å². The molecule has 2 aromatic rings. The second kappa shape index (κ2) is 5.46. The maximum Gasteiger partial charge on any atom is 0.239 e. The lowest BCUT2D eigenvalue weighted by molar-refractivity contribution is -0.114. The van der Waals surface area contributed by atoms with E-state index in [1.807, 2.05) is 18.2 Å². The fourth-order valence-electron chi connectivity index (χ4n) is 1.67. The first-order valence-electron chi connectivity index (χ1n) is 5.93. The number of carbonyl (C=O) groups excluding carboxylic acids is 1. The number of nitrogens with two attached hydrogens (primary N) is 1. The first-order chi connectivity index (χ1) is 9.04. The molecule has 0 saturated carbocycles. The Labute approximate surface area is 115 Å². The molecule has 0 aliphatic carbocycles. The van der Waals surface area contributed by atoms with E-state index in [0.29, 0.717) is 5.13 Å². The third-order valence-electron chi connectivity index (χ3n) is 2.89. The second-order valence-corrected chi connectivity index (χ2v) is 5.63. The molecule has 1 aromatic carbocycles. The minimum absolute atomic E-state index is 0.0585. The maximum absolute atomic E-state index is 11.2. The lowest BCUT2D eigenvalue weighted by Crippen LogP contribution is -2.21. The molecule has 6 heteroatoms. The molecule has 0 unspecified atom stereocenters. The van der Waals surface area contributed by atoms with Crippen LogP contribution < -0.4 is 11.1 Å². The molecule has 3 N–H and O–H groups in total. The fraction of sp³-hybridized carbons (Fsp3) is 0.308. The summed E-state index contributed by atoms with van der Waals surface area (Å²) in [7, 11) is 0. The Hall–Kier alpha value is -1.79. The van der Waals surface area contributed by atoms with E-state index in [1.54, 1.807) is 0 Å². The van der Waals surface area contributed by atoms with Crippen LogP contribution in [0.25, 0.3) is 0 Å². The van der Waals surface area contributed by atoms with E-state index < -0.39 is 0 Å². The zero-order valence-electron chi connectivity index (χ0n) is 10.9. The number of rotatable bonds is 4. The summed E-state index contributed by atoms with van der Waals surface area (Å²) in [6.07, 6.45) is 0. The van der Waals surface area contributed by atoms with Gasteiger partial charge in [-0.25, -0.2) is 0 Å². The Bertz CT molecular complexity index is 565. The van der Waals surface area contributed by atoms with Gasteiger partial charge >= 0.3 is 0 Å². The van der Waals surface area contributed by atoms with E-state index in [0.717, 1.165) is 10.6 Å². The van der Waals surface area contributed by atoms with E-state index in [4.69, 9.17) is 5.73 Å². The minimum atomic E-state index is -0.264. The van der Waals surface area contributed by atoms with Gasteiger partial charge in [0.25, 0.3) is 0 Å². The van der Waals surface area contributed by atoms with Crippen molar-refractivity contribution in [1.29, 1.82) is 0 Å². The molecule has 0 aliphatic heterocycles. The van der Waals surface area contributed by atoms with Crippen LogP contribution in [0.1, 0.15) is 24.4 Å². The number of anilines is 1. The van der Waals surface area contributed by atoms with E-state index in [1.165, 1.54) is 11.3 Å². The predicted molar refractivity (Wildman–Crippen MR) is 76.2 cm³/mol. The van der Waals surface area contributed by atoms with Gasteiger partial charge in [-0.1, -0.05) is 41.7 Å². The SMILES string of the molecule is CC(C)(c1ccccc1)c1nnc(NC(=O)CN)s1. The molecule has 5 nitrogen and oxygen atoms in total. The second-order valence-electron chi connectivity index (χ2n) is 4.66. The van der Waals surface area contributed by atoms with Gasteiger partial charge < -0.3 is 5.73 Å². The van der Waals surface area contributed by atoms with Crippen molar-refractivity contribution in [2.45, 2.75) is 19.3 Å². The molecule has 19 heavy (non-hydrogen) atoms. The van der Waals surface area contributed by atoms with Gasteiger partial charge in [0.1, 0.15) is 5.01 Å². The highest BCUT2D eigenvalue weighted by atomic mass is 32.1. The van der Waals surface area contributed by atoms with Gasteiger partial charge in [-0.15, -0.1) is 10.2 Å². The molecule has 1 aromatic heterocycles. The highest BCUT2D eigenvalue weighted by molar-refractivity contribution is 7.15. The standard InChI is InChI=1S/C13H16N4OS/c1-13(2,9-6-4-3-5-7-9)11-16-17-12(19-11)15-10(18)8-14/h3-7H,8,14H2,1-2H3,(H,15,17,18). The van der Waals surface area contributed by atoms with Crippen LogP contribution in [0.15, 0.2) is 30.3 Å². The van der Waals surface area contributed by atoms with Crippen LogP contribution in [0.3, 0.4) is 0 Å². The zero-order valence-corrected chi connectivity index (χ0v) is 11.7. The van der Waals surface area contributed by atoms with Crippen molar-refractivity contribution in [3.8, 4) is 0 Å². The van der Waals surface area contributed by atoms with Crippen molar-refractivity contribution in [3.05, 3.63) is 40.9 Å². The van der Waals surface area contributed by atoms with Crippen LogP contribution >= 0.6 is 11.3 Å². The topological polar surface area (TPSA) is 80.9 Å². The molecule has 0 spiro atoms. The average molecular weight is 276 g/mol. The highest BCUT2D eigenvalue weighted by Crippen LogP contribution is 2.34. The summed E-state index contributed by atoms with van der Waals surface area (Å²) < 4.78 is 0.